The second-order valence-corrected chi connectivity index (χ2v) is 6.93. The minimum atomic E-state index is -0.0684. The van der Waals surface area contributed by atoms with Gasteiger partial charge in [0.05, 0.1) is 24.2 Å². The van der Waals surface area contributed by atoms with Gasteiger partial charge in [0.15, 0.2) is 0 Å². The fourth-order valence-electron chi connectivity index (χ4n) is 2.64. The first kappa shape index (κ1) is 17.2. The van der Waals surface area contributed by atoms with Gasteiger partial charge in [-0.1, -0.05) is 29.8 Å². The van der Waals surface area contributed by atoms with Gasteiger partial charge < -0.3 is 10.1 Å². The normalized spacial score (nSPS) is 10.5. The summed E-state index contributed by atoms with van der Waals surface area (Å²) in [5.74, 6) is 0.663. The molecule has 0 atom stereocenters. The fraction of sp³-hybridized carbons (Fsp3) is 0.200. The van der Waals surface area contributed by atoms with E-state index in [1.165, 1.54) is 0 Å². The Hall–Kier alpha value is -2.66. The third-order valence-corrected chi connectivity index (χ3v) is 4.64. The minimum absolute atomic E-state index is 0.0684. The maximum atomic E-state index is 12.3. The summed E-state index contributed by atoms with van der Waals surface area (Å²) in [6.07, 6.45) is 0.276. The first-order chi connectivity index (χ1) is 12.0. The Labute approximate surface area is 151 Å². The molecule has 0 spiro atoms. The summed E-state index contributed by atoms with van der Waals surface area (Å²) in [6.45, 7) is 3.99. The molecule has 2 aromatic carbocycles. The van der Waals surface area contributed by atoms with Crippen molar-refractivity contribution in [2.24, 2.45) is 0 Å². The Morgan fingerprint density at radius 2 is 1.92 bits per heavy atom. The van der Waals surface area contributed by atoms with Crippen LogP contribution in [0.25, 0.3) is 11.3 Å². The highest BCUT2D eigenvalue weighted by Crippen LogP contribution is 2.24. The number of hydrogen-bond donors (Lipinski definition) is 1. The molecule has 0 bridgehead atoms. The summed E-state index contributed by atoms with van der Waals surface area (Å²) in [6, 6.07) is 13.6. The Kier molecular flexibility index (Phi) is 5.14. The van der Waals surface area contributed by atoms with Crippen molar-refractivity contribution in [1.29, 1.82) is 0 Å². The molecule has 0 aliphatic rings. The summed E-state index contributed by atoms with van der Waals surface area (Å²) >= 11 is 1.63. The second-order valence-electron chi connectivity index (χ2n) is 5.87. The van der Waals surface area contributed by atoms with Crippen LogP contribution < -0.4 is 10.1 Å². The van der Waals surface area contributed by atoms with Crippen LogP contribution in [0.3, 0.4) is 0 Å². The lowest BCUT2D eigenvalue weighted by Gasteiger charge is -2.10. The first-order valence-electron chi connectivity index (χ1n) is 8.01. The number of carbonyl (C=O) groups is 1. The van der Waals surface area contributed by atoms with Crippen LogP contribution in [-0.4, -0.2) is 18.0 Å². The molecular formula is C20H20N2O2S. The number of methoxy groups -OCH3 is 1. The minimum Gasteiger partial charge on any atom is -0.496 e. The smallest absolute Gasteiger partial charge is 0.228 e. The number of hydrogen-bond acceptors (Lipinski definition) is 4. The topological polar surface area (TPSA) is 51.2 Å². The summed E-state index contributed by atoms with van der Waals surface area (Å²) < 4.78 is 5.33. The van der Waals surface area contributed by atoms with Gasteiger partial charge in [-0.2, -0.15) is 0 Å². The number of anilines is 1. The molecule has 1 amide bonds. The van der Waals surface area contributed by atoms with Crippen LogP contribution in [0.5, 0.6) is 5.75 Å². The van der Waals surface area contributed by atoms with Crippen LogP contribution in [0.2, 0.25) is 0 Å². The van der Waals surface area contributed by atoms with E-state index in [1.807, 2.05) is 61.7 Å². The molecule has 0 saturated carbocycles. The van der Waals surface area contributed by atoms with Crippen molar-refractivity contribution in [2.75, 3.05) is 12.4 Å². The van der Waals surface area contributed by atoms with Crippen molar-refractivity contribution in [2.45, 2.75) is 20.3 Å². The number of carbonyl (C=O) groups excluding carboxylic acids is 1. The Bertz CT molecular complexity index is 885. The van der Waals surface area contributed by atoms with Gasteiger partial charge in [-0.15, -0.1) is 11.3 Å². The highest BCUT2D eigenvalue weighted by molar-refractivity contribution is 7.09. The number of ether oxygens (including phenoxy) is 1. The third-order valence-electron chi connectivity index (χ3n) is 3.87. The van der Waals surface area contributed by atoms with E-state index in [0.29, 0.717) is 0 Å². The van der Waals surface area contributed by atoms with Crippen LogP contribution in [0.15, 0.2) is 47.8 Å². The number of nitrogens with one attached hydrogen (secondary N) is 1. The van der Waals surface area contributed by atoms with E-state index in [-0.39, 0.29) is 12.3 Å². The number of thiazole rings is 1. The van der Waals surface area contributed by atoms with E-state index >= 15 is 0 Å². The molecule has 0 fully saturated rings. The predicted molar refractivity (Wildman–Crippen MR) is 102 cm³/mol. The molecule has 5 heteroatoms. The highest BCUT2D eigenvalue weighted by atomic mass is 32.1. The van der Waals surface area contributed by atoms with Crippen LogP contribution in [-0.2, 0) is 11.2 Å². The van der Waals surface area contributed by atoms with Gasteiger partial charge in [0, 0.05) is 22.2 Å². The molecule has 0 saturated heterocycles. The molecule has 0 radical (unpaired) electrons. The molecular weight excluding hydrogens is 332 g/mol. The summed E-state index contributed by atoms with van der Waals surface area (Å²) in [5, 5.41) is 6.01. The second kappa shape index (κ2) is 7.49. The van der Waals surface area contributed by atoms with Gasteiger partial charge in [-0.05, 0) is 32.0 Å². The van der Waals surface area contributed by atoms with Crippen molar-refractivity contribution < 1.29 is 9.53 Å². The molecule has 4 nitrogen and oxygen atoms in total. The van der Waals surface area contributed by atoms with E-state index < -0.39 is 0 Å². The molecule has 0 unspecified atom stereocenters. The number of amides is 1. The Morgan fingerprint density at radius 1 is 1.16 bits per heavy atom. The van der Waals surface area contributed by atoms with E-state index in [1.54, 1.807) is 18.4 Å². The van der Waals surface area contributed by atoms with Gasteiger partial charge in [0.2, 0.25) is 5.91 Å². The molecule has 0 aliphatic heterocycles. The van der Waals surface area contributed by atoms with Crippen molar-refractivity contribution in [1.82, 2.24) is 4.98 Å². The molecule has 128 valence electrons. The van der Waals surface area contributed by atoms with Gasteiger partial charge in [-0.3, -0.25) is 4.79 Å². The average molecular weight is 352 g/mol. The van der Waals surface area contributed by atoms with Gasteiger partial charge in [-0.25, -0.2) is 4.98 Å². The maximum absolute atomic E-state index is 12.3. The van der Waals surface area contributed by atoms with E-state index in [0.717, 1.165) is 38.8 Å². The number of benzene rings is 2. The zero-order valence-corrected chi connectivity index (χ0v) is 15.3. The van der Waals surface area contributed by atoms with Crippen molar-refractivity contribution in [3.8, 4) is 17.0 Å². The molecule has 3 aromatic rings. The maximum Gasteiger partial charge on any atom is 0.228 e. The van der Waals surface area contributed by atoms with Crippen molar-refractivity contribution in [3.05, 3.63) is 64.0 Å². The number of rotatable bonds is 5. The van der Waals surface area contributed by atoms with E-state index in [2.05, 4.69) is 10.3 Å². The van der Waals surface area contributed by atoms with Gasteiger partial charge >= 0.3 is 0 Å². The van der Waals surface area contributed by atoms with Gasteiger partial charge in [0.25, 0.3) is 0 Å². The summed E-state index contributed by atoms with van der Waals surface area (Å²) in [7, 11) is 1.62. The SMILES string of the molecule is COc1ccc(C)cc1CC(=O)Nc1ccc(-c2csc(C)n2)cc1. The lowest BCUT2D eigenvalue weighted by atomic mass is 10.1. The van der Waals surface area contributed by atoms with E-state index in [9.17, 15) is 4.79 Å². The lowest BCUT2D eigenvalue weighted by Crippen LogP contribution is -2.15. The largest absolute Gasteiger partial charge is 0.496 e. The molecule has 1 N–H and O–H groups in total. The zero-order valence-electron chi connectivity index (χ0n) is 14.5. The lowest BCUT2D eigenvalue weighted by molar-refractivity contribution is -0.115. The monoisotopic (exact) mass is 352 g/mol. The van der Waals surface area contributed by atoms with Crippen molar-refractivity contribution in [3.63, 3.8) is 0 Å². The summed E-state index contributed by atoms with van der Waals surface area (Å²) in [5.41, 5.74) is 4.76. The van der Waals surface area contributed by atoms with Crippen molar-refractivity contribution >= 4 is 22.9 Å². The average Bonchev–Trinajstić information content (AvgIpc) is 3.02. The van der Waals surface area contributed by atoms with Crippen LogP contribution in [0.4, 0.5) is 5.69 Å². The molecule has 3 rings (SSSR count). The third kappa shape index (κ3) is 4.25. The quantitative estimate of drug-likeness (QED) is 0.729. The Balaban J connectivity index is 1.68. The summed E-state index contributed by atoms with van der Waals surface area (Å²) in [4.78, 5) is 16.8. The first-order valence-corrected chi connectivity index (χ1v) is 8.89. The van der Waals surface area contributed by atoms with Gasteiger partial charge in [0.1, 0.15) is 5.75 Å². The van der Waals surface area contributed by atoms with Crippen LogP contribution >= 0.6 is 11.3 Å². The fourth-order valence-corrected chi connectivity index (χ4v) is 3.27. The molecule has 0 aliphatic carbocycles. The predicted octanol–water partition coefficient (Wildman–Crippen LogP) is 4.62. The highest BCUT2D eigenvalue weighted by Gasteiger charge is 2.10. The molecule has 1 aromatic heterocycles. The zero-order chi connectivity index (χ0) is 17.8. The van der Waals surface area contributed by atoms with Crippen LogP contribution in [0.1, 0.15) is 16.1 Å². The van der Waals surface area contributed by atoms with Crippen LogP contribution in [0, 0.1) is 13.8 Å². The number of aromatic nitrogens is 1. The Morgan fingerprint density at radius 3 is 2.56 bits per heavy atom. The number of aryl methyl sites for hydroxylation is 2. The molecule has 1 heterocycles. The molecule has 25 heavy (non-hydrogen) atoms. The number of nitrogens with zero attached hydrogens (tertiary/aromatic N) is 1. The van der Waals surface area contributed by atoms with E-state index in [4.69, 9.17) is 4.74 Å². The standard InChI is InChI=1S/C20H20N2O2S/c1-13-4-9-19(24-3)16(10-13)11-20(23)22-17-7-5-15(6-8-17)18-12-25-14(2)21-18/h4-10,12H,11H2,1-3H3,(H,22,23).